The molecular weight excluding hydrogens is 370 g/mol. The van der Waals surface area contributed by atoms with E-state index in [4.69, 9.17) is 4.74 Å². The summed E-state index contributed by atoms with van der Waals surface area (Å²) in [7, 11) is 0.694. The second kappa shape index (κ2) is 8.68. The van der Waals surface area contributed by atoms with Crippen LogP contribution in [0.15, 0.2) is 12.1 Å². The molecule has 0 aliphatic carbocycles. The number of carboxylic acids is 1. The molecule has 3 rings (SSSR count). The Morgan fingerprint density at radius 3 is 2.71 bits per heavy atom. The fourth-order valence-corrected chi connectivity index (χ4v) is 3.50. The van der Waals surface area contributed by atoms with E-state index in [0.29, 0.717) is 32.2 Å². The first-order chi connectivity index (χ1) is 13.4. The van der Waals surface area contributed by atoms with E-state index < -0.39 is 17.9 Å². The monoisotopic (exact) mass is 392 g/mol. The number of benzene rings is 1. The molecule has 10 heteroatoms. The Hall–Kier alpha value is -2.49. The molecule has 0 bridgehead atoms. The van der Waals surface area contributed by atoms with Crippen LogP contribution in [0.5, 0.6) is 11.5 Å². The zero-order valence-electron chi connectivity index (χ0n) is 15.3. The van der Waals surface area contributed by atoms with Crippen LogP contribution < -0.4 is 10.1 Å². The number of aryl methyl sites for hydroxylation is 1. The van der Waals surface area contributed by atoms with E-state index in [0.717, 1.165) is 0 Å². The van der Waals surface area contributed by atoms with Gasteiger partial charge in [-0.25, -0.2) is 4.39 Å². The summed E-state index contributed by atoms with van der Waals surface area (Å²) in [5.74, 6) is -1.82. The van der Waals surface area contributed by atoms with Gasteiger partial charge < -0.3 is 5.32 Å². The SMILES string of the molecule is O=BCCc1ccc(OC2CN(C(=O)C[C@@H]3C[C@H](F)CN3)C2)c(C(=O)O)c1O. The van der Waals surface area contributed by atoms with Crippen LogP contribution in [0.1, 0.15) is 28.8 Å². The molecule has 3 N–H and O–H groups in total. The van der Waals surface area contributed by atoms with Gasteiger partial charge in [0.25, 0.3) is 0 Å². The standard InChI is InChI=1S/C18H22BFN2O6/c20-11-5-12(21-7-11)6-15(23)22-8-13(9-22)28-14-2-1-10(3-4-19-27)17(24)16(14)18(25)26/h1-2,11-13,21,24H,3-9H2,(H,25,26)/t11-,12-/m0/s1. The number of aromatic hydroxyl groups is 1. The molecule has 1 aromatic rings. The van der Waals surface area contributed by atoms with Crippen molar-refractivity contribution >= 4 is 19.0 Å². The van der Waals surface area contributed by atoms with Crippen LogP contribution >= 0.6 is 0 Å². The number of amides is 1. The third-order valence-corrected chi connectivity index (χ3v) is 5.05. The van der Waals surface area contributed by atoms with Gasteiger partial charge in [0, 0.05) is 12.6 Å². The molecule has 0 radical (unpaired) electrons. The number of nitrogens with one attached hydrogen (secondary N) is 1. The van der Waals surface area contributed by atoms with Gasteiger partial charge in [-0.2, -0.15) is 0 Å². The van der Waals surface area contributed by atoms with Crippen molar-refractivity contribution < 1.29 is 33.6 Å². The molecule has 2 atom stereocenters. The normalized spacial score (nSPS) is 21.8. The summed E-state index contributed by atoms with van der Waals surface area (Å²) in [6.45, 7) is 0.878. The minimum atomic E-state index is -1.33. The Kier molecular flexibility index (Phi) is 6.28. The summed E-state index contributed by atoms with van der Waals surface area (Å²) in [4.78, 5) is 25.3. The number of alkyl halides is 1. The second-order valence-corrected chi connectivity index (χ2v) is 7.14. The van der Waals surface area contributed by atoms with E-state index in [2.05, 4.69) is 5.32 Å². The summed E-state index contributed by atoms with van der Waals surface area (Å²) in [5.41, 5.74) is 0.00909. The van der Waals surface area contributed by atoms with Crippen molar-refractivity contribution in [3.63, 3.8) is 0 Å². The van der Waals surface area contributed by atoms with Gasteiger partial charge >= 0.3 is 126 Å². The van der Waals surface area contributed by atoms with Crippen molar-refractivity contribution in [1.82, 2.24) is 10.2 Å². The quantitative estimate of drug-likeness (QED) is 0.560. The summed E-state index contributed by atoms with van der Waals surface area (Å²) in [6.07, 6.45) is -0.339. The molecule has 0 saturated carbocycles. The van der Waals surface area contributed by atoms with Crippen LogP contribution in [0, 0.1) is 0 Å². The fraction of sp³-hybridized carbons (Fsp3) is 0.556. The zero-order valence-corrected chi connectivity index (χ0v) is 15.3. The number of aromatic carboxylic acids is 1. The number of ether oxygens (including phenoxy) is 1. The maximum absolute atomic E-state index is 13.2. The number of nitrogens with zero attached hydrogens (tertiary/aromatic N) is 1. The maximum atomic E-state index is 13.2. The van der Waals surface area contributed by atoms with Crippen molar-refractivity contribution in [3.8, 4) is 11.5 Å². The molecule has 2 heterocycles. The molecule has 2 aliphatic rings. The summed E-state index contributed by atoms with van der Waals surface area (Å²) >= 11 is 0. The molecule has 2 aliphatic heterocycles. The van der Waals surface area contributed by atoms with E-state index >= 15 is 0 Å². The molecule has 150 valence electrons. The van der Waals surface area contributed by atoms with Gasteiger partial charge in [0.05, 0.1) is 0 Å². The molecular formula is C18H22BFN2O6. The van der Waals surface area contributed by atoms with Crippen LogP contribution in [0.3, 0.4) is 0 Å². The van der Waals surface area contributed by atoms with Gasteiger partial charge in [-0.05, 0) is 6.42 Å². The Morgan fingerprint density at radius 2 is 2.11 bits per heavy atom. The summed E-state index contributed by atoms with van der Waals surface area (Å²) < 4.78 is 29.3. The Labute approximate surface area is 161 Å². The number of hydrogen-bond acceptors (Lipinski definition) is 6. The molecule has 2 fully saturated rings. The molecule has 28 heavy (non-hydrogen) atoms. The first-order valence-electron chi connectivity index (χ1n) is 9.22. The van der Waals surface area contributed by atoms with Gasteiger partial charge in [-0.15, -0.1) is 0 Å². The minimum absolute atomic E-state index is 0.0229. The van der Waals surface area contributed by atoms with Gasteiger partial charge in [0.2, 0.25) is 0 Å². The van der Waals surface area contributed by atoms with Crippen molar-refractivity contribution in [3.05, 3.63) is 23.3 Å². The Bertz CT molecular complexity index is 771. The van der Waals surface area contributed by atoms with Crippen molar-refractivity contribution in [2.24, 2.45) is 0 Å². The van der Waals surface area contributed by atoms with Gasteiger partial charge in [0.1, 0.15) is 6.17 Å². The number of rotatable bonds is 8. The number of likely N-dealkylation sites (tertiary alicyclic amines) is 1. The number of carbonyl (C=O) groups is 2. The topological polar surface area (TPSA) is 116 Å². The number of carboxylic acid groups (broad SMARTS) is 1. The van der Waals surface area contributed by atoms with E-state index in [9.17, 15) is 28.9 Å². The second-order valence-electron chi connectivity index (χ2n) is 7.14. The molecule has 0 spiro atoms. The van der Waals surface area contributed by atoms with Crippen LogP contribution in [0.4, 0.5) is 4.39 Å². The van der Waals surface area contributed by atoms with E-state index in [1.54, 1.807) is 4.90 Å². The van der Waals surface area contributed by atoms with E-state index in [1.165, 1.54) is 12.1 Å². The molecule has 2 saturated heterocycles. The number of carbonyl (C=O) groups excluding carboxylic acids is 1. The summed E-state index contributed by atoms with van der Waals surface area (Å²) in [5, 5.41) is 22.6. The third kappa shape index (κ3) is 4.49. The number of hydrogen-bond donors (Lipinski definition) is 3. The van der Waals surface area contributed by atoms with Gasteiger partial charge in [0.15, 0.2) is 0 Å². The first-order valence-corrected chi connectivity index (χ1v) is 9.22. The van der Waals surface area contributed by atoms with E-state index in [-0.39, 0.29) is 55.1 Å². The summed E-state index contributed by atoms with van der Waals surface area (Å²) in [6, 6.07) is 2.83. The van der Waals surface area contributed by atoms with Crippen LogP contribution in [0.25, 0.3) is 0 Å². The Balaban J connectivity index is 1.57. The first kappa shape index (κ1) is 20.3. The van der Waals surface area contributed by atoms with Crippen LogP contribution in [0.2, 0.25) is 6.32 Å². The Morgan fingerprint density at radius 1 is 1.36 bits per heavy atom. The van der Waals surface area contributed by atoms with Crippen molar-refractivity contribution in [1.29, 1.82) is 0 Å². The molecule has 8 nitrogen and oxygen atoms in total. The third-order valence-electron chi connectivity index (χ3n) is 5.05. The van der Waals surface area contributed by atoms with Gasteiger partial charge in [-0.1, -0.05) is 0 Å². The molecule has 0 aromatic heterocycles. The number of phenols is 1. The van der Waals surface area contributed by atoms with Crippen molar-refractivity contribution in [2.75, 3.05) is 19.6 Å². The van der Waals surface area contributed by atoms with Crippen LogP contribution in [-0.2, 0) is 15.9 Å². The predicted molar refractivity (Wildman–Crippen MR) is 96.9 cm³/mol. The van der Waals surface area contributed by atoms with E-state index in [1.807, 2.05) is 0 Å². The predicted octanol–water partition coefficient (Wildman–Crippen LogP) is 0.781. The van der Waals surface area contributed by atoms with Crippen molar-refractivity contribution in [2.45, 2.75) is 43.9 Å². The fourth-order valence-electron chi connectivity index (χ4n) is 3.50. The molecule has 1 aromatic carbocycles. The average Bonchev–Trinajstić information content (AvgIpc) is 3.01. The van der Waals surface area contributed by atoms with Gasteiger partial charge in [-0.3, -0.25) is 0 Å². The molecule has 0 unspecified atom stereocenters. The zero-order chi connectivity index (χ0) is 20.3. The average molecular weight is 392 g/mol. The molecule has 1 amide bonds. The number of halogens is 1. The van der Waals surface area contributed by atoms with Crippen LogP contribution in [-0.4, -0.2) is 72.1 Å².